The molecule has 6 aromatic carbocycles. The van der Waals surface area contributed by atoms with Crippen LogP contribution in [0, 0.1) is 11.8 Å². The highest BCUT2D eigenvalue weighted by Gasteiger charge is 2.53. The molecule has 0 radical (unpaired) electrons. The lowest BCUT2D eigenvalue weighted by molar-refractivity contribution is 0.533. The van der Waals surface area contributed by atoms with Crippen LogP contribution in [-0.2, 0) is 5.41 Å². The van der Waals surface area contributed by atoms with E-state index in [1.165, 1.54) is 58.3 Å². The summed E-state index contributed by atoms with van der Waals surface area (Å²) < 4.78 is 6.27. The lowest BCUT2D eigenvalue weighted by atomic mass is 9.73. The van der Waals surface area contributed by atoms with E-state index in [1.807, 2.05) is 6.07 Å². The molecule has 1 spiro atoms. The lowest BCUT2D eigenvalue weighted by Gasteiger charge is -2.31. The minimum absolute atomic E-state index is 0.0368. The molecule has 47 heavy (non-hydrogen) atoms. The van der Waals surface area contributed by atoms with Gasteiger partial charge < -0.3 is 9.32 Å². The fraction of sp³-hybridized carbons (Fsp3) is 0.156. The number of anilines is 3. The van der Waals surface area contributed by atoms with Crippen molar-refractivity contribution in [2.75, 3.05) is 4.90 Å². The Balaban J connectivity index is 1.22. The van der Waals surface area contributed by atoms with E-state index in [9.17, 15) is 0 Å². The Morgan fingerprint density at radius 1 is 0.638 bits per heavy atom. The maximum atomic E-state index is 6.27. The van der Waals surface area contributed by atoms with Crippen LogP contribution >= 0.6 is 0 Å². The third-order valence-corrected chi connectivity index (χ3v) is 11.2. The fourth-order valence-corrected chi connectivity index (χ4v) is 9.26. The van der Waals surface area contributed by atoms with E-state index in [4.69, 9.17) is 4.42 Å². The maximum absolute atomic E-state index is 6.27. The highest BCUT2D eigenvalue weighted by atomic mass is 16.3. The molecule has 0 saturated heterocycles. The van der Waals surface area contributed by atoms with Gasteiger partial charge in [-0.05, 0) is 101 Å². The minimum atomic E-state index is -0.0368. The number of rotatable bonds is 4. The molecule has 3 atom stereocenters. The van der Waals surface area contributed by atoms with Gasteiger partial charge in [-0.25, -0.2) is 0 Å². The summed E-state index contributed by atoms with van der Waals surface area (Å²) in [5, 5.41) is 2.28. The van der Waals surface area contributed by atoms with E-state index in [0.717, 1.165) is 33.3 Å². The molecule has 1 saturated carbocycles. The van der Waals surface area contributed by atoms with Crippen LogP contribution in [0.2, 0.25) is 0 Å². The first kappa shape index (κ1) is 26.8. The molecule has 3 unspecified atom stereocenters. The molecular formula is C45H35NO. The van der Waals surface area contributed by atoms with Crippen LogP contribution in [0.4, 0.5) is 17.1 Å². The van der Waals surface area contributed by atoms with E-state index in [2.05, 4.69) is 151 Å². The number of para-hydroxylation sites is 1. The van der Waals surface area contributed by atoms with Crippen molar-refractivity contribution >= 4 is 39.0 Å². The van der Waals surface area contributed by atoms with Crippen LogP contribution in [0.1, 0.15) is 37.3 Å². The van der Waals surface area contributed by atoms with Crippen molar-refractivity contribution < 1.29 is 4.42 Å². The van der Waals surface area contributed by atoms with E-state index in [1.54, 1.807) is 5.57 Å². The SMILES string of the molecule is CC1C=C2C(CCC23c2ccccc2-c2c(N(c4ccc(-c5ccccc5)cc4)c4ccc5oc6ccccc6c5c4)cccc23)C1. The van der Waals surface area contributed by atoms with Crippen LogP contribution in [0.15, 0.2) is 156 Å². The van der Waals surface area contributed by atoms with Gasteiger partial charge in [0.25, 0.3) is 0 Å². The Labute approximate surface area is 275 Å². The summed E-state index contributed by atoms with van der Waals surface area (Å²) in [4.78, 5) is 2.47. The Hall–Kier alpha value is -5.34. The molecule has 0 bridgehead atoms. The van der Waals surface area contributed by atoms with E-state index >= 15 is 0 Å². The summed E-state index contributed by atoms with van der Waals surface area (Å²) in [6.45, 7) is 2.40. The standard InChI is InChI=1S/C45H35NO/c1-29-26-32-24-25-45(40(32)27-29)38-14-7-5-13-36(38)44-39(45)15-9-16-41(44)46(33-20-18-31(19-21-33)30-10-3-2-4-11-30)34-22-23-43-37(28-34)35-12-6-8-17-42(35)47-43/h2-23,27-29,32H,24-26H2,1H3. The number of furan rings is 1. The second-order valence-electron chi connectivity index (χ2n) is 13.7. The van der Waals surface area contributed by atoms with E-state index in [0.29, 0.717) is 11.8 Å². The molecule has 10 rings (SSSR count). The minimum Gasteiger partial charge on any atom is -0.456 e. The van der Waals surface area contributed by atoms with Gasteiger partial charge in [0.1, 0.15) is 11.2 Å². The Kier molecular flexibility index (Phi) is 5.75. The largest absolute Gasteiger partial charge is 0.456 e. The van der Waals surface area contributed by atoms with Gasteiger partial charge in [-0.15, -0.1) is 0 Å². The monoisotopic (exact) mass is 605 g/mol. The van der Waals surface area contributed by atoms with Crippen molar-refractivity contribution in [1.29, 1.82) is 0 Å². The van der Waals surface area contributed by atoms with Crippen molar-refractivity contribution in [3.8, 4) is 22.3 Å². The number of nitrogens with zero attached hydrogens (tertiary/aromatic N) is 1. The zero-order chi connectivity index (χ0) is 31.1. The normalized spacial score (nSPS) is 20.8. The molecule has 3 aliphatic carbocycles. The molecular weight excluding hydrogens is 571 g/mol. The molecule has 0 amide bonds. The Morgan fingerprint density at radius 3 is 2.26 bits per heavy atom. The van der Waals surface area contributed by atoms with Crippen molar-refractivity contribution in [2.45, 2.75) is 31.6 Å². The van der Waals surface area contributed by atoms with Crippen LogP contribution in [-0.4, -0.2) is 0 Å². The van der Waals surface area contributed by atoms with Crippen LogP contribution in [0.3, 0.4) is 0 Å². The topological polar surface area (TPSA) is 16.4 Å². The molecule has 2 nitrogen and oxygen atoms in total. The van der Waals surface area contributed by atoms with Gasteiger partial charge in [0.15, 0.2) is 0 Å². The average molecular weight is 606 g/mol. The van der Waals surface area contributed by atoms with E-state index < -0.39 is 0 Å². The van der Waals surface area contributed by atoms with Gasteiger partial charge in [0.2, 0.25) is 0 Å². The van der Waals surface area contributed by atoms with Crippen molar-refractivity contribution in [3.05, 3.63) is 162 Å². The fourth-order valence-electron chi connectivity index (χ4n) is 9.26. The first-order chi connectivity index (χ1) is 23.2. The summed E-state index contributed by atoms with van der Waals surface area (Å²) in [7, 11) is 0. The Morgan fingerprint density at radius 2 is 1.36 bits per heavy atom. The summed E-state index contributed by atoms with van der Waals surface area (Å²) in [6.07, 6.45) is 6.35. The molecule has 2 heteroatoms. The zero-order valence-corrected chi connectivity index (χ0v) is 26.5. The number of hydrogen-bond acceptors (Lipinski definition) is 2. The zero-order valence-electron chi connectivity index (χ0n) is 26.5. The second-order valence-corrected chi connectivity index (χ2v) is 13.7. The van der Waals surface area contributed by atoms with Gasteiger partial charge in [0, 0.05) is 33.1 Å². The molecule has 1 fully saturated rings. The molecule has 3 aliphatic rings. The third kappa shape index (κ3) is 3.85. The number of fused-ring (bicyclic) bond motifs is 10. The first-order valence-electron chi connectivity index (χ1n) is 17.0. The Bertz CT molecular complexity index is 2360. The summed E-state index contributed by atoms with van der Waals surface area (Å²) in [6, 6.07) is 51.0. The first-order valence-corrected chi connectivity index (χ1v) is 17.0. The quantitative estimate of drug-likeness (QED) is 0.186. The molecule has 1 heterocycles. The summed E-state index contributed by atoms with van der Waals surface area (Å²) >= 11 is 0. The lowest BCUT2D eigenvalue weighted by Crippen LogP contribution is -2.24. The van der Waals surface area contributed by atoms with Crippen LogP contribution in [0.5, 0.6) is 0 Å². The summed E-state index contributed by atoms with van der Waals surface area (Å²) in [5.41, 5.74) is 15.1. The molecule has 226 valence electrons. The number of benzene rings is 6. The number of allylic oxidation sites excluding steroid dienone is 2. The highest BCUT2D eigenvalue weighted by molar-refractivity contribution is 6.07. The van der Waals surface area contributed by atoms with Crippen molar-refractivity contribution in [2.24, 2.45) is 11.8 Å². The van der Waals surface area contributed by atoms with Crippen LogP contribution in [0.25, 0.3) is 44.2 Å². The van der Waals surface area contributed by atoms with Gasteiger partial charge in [0.05, 0.1) is 5.69 Å². The molecule has 0 N–H and O–H groups in total. The van der Waals surface area contributed by atoms with Gasteiger partial charge in [-0.3, -0.25) is 0 Å². The maximum Gasteiger partial charge on any atom is 0.135 e. The van der Waals surface area contributed by atoms with Gasteiger partial charge >= 0.3 is 0 Å². The molecule has 1 aromatic heterocycles. The van der Waals surface area contributed by atoms with Gasteiger partial charge in [-0.1, -0.05) is 116 Å². The number of hydrogen-bond donors (Lipinski definition) is 0. The predicted octanol–water partition coefficient (Wildman–Crippen LogP) is 12.4. The molecule has 0 aliphatic heterocycles. The summed E-state index contributed by atoms with van der Waals surface area (Å²) in [5.74, 6) is 1.33. The predicted molar refractivity (Wildman–Crippen MR) is 195 cm³/mol. The molecule has 7 aromatic rings. The third-order valence-electron chi connectivity index (χ3n) is 11.2. The highest BCUT2D eigenvalue weighted by Crippen LogP contribution is 2.65. The average Bonchev–Trinajstić information content (AvgIpc) is 3.86. The van der Waals surface area contributed by atoms with Gasteiger partial charge in [-0.2, -0.15) is 0 Å². The second kappa shape index (κ2) is 10.1. The van der Waals surface area contributed by atoms with E-state index in [-0.39, 0.29) is 5.41 Å². The smallest absolute Gasteiger partial charge is 0.135 e. The van der Waals surface area contributed by atoms with Crippen LogP contribution < -0.4 is 4.90 Å². The van der Waals surface area contributed by atoms with Crippen molar-refractivity contribution in [1.82, 2.24) is 0 Å². The van der Waals surface area contributed by atoms with Crippen molar-refractivity contribution in [3.63, 3.8) is 0 Å².